The number of aromatic amines is 1. The quantitative estimate of drug-likeness (QED) is 0.767. The Morgan fingerprint density at radius 1 is 1.40 bits per heavy atom. The third-order valence-corrected chi connectivity index (χ3v) is 5.26. The summed E-state index contributed by atoms with van der Waals surface area (Å²) in [5.74, 6) is 0.585. The van der Waals surface area contributed by atoms with Crippen LogP contribution in [0.3, 0.4) is 0 Å². The van der Waals surface area contributed by atoms with Crippen LogP contribution in [0.1, 0.15) is 36.2 Å². The number of likely N-dealkylation sites (tertiary alicyclic amines) is 1. The minimum absolute atomic E-state index is 0.0369. The normalized spacial score (nSPS) is 22.4. The Hall–Kier alpha value is -1.44. The van der Waals surface area contributed by atoms with Gasteiger partial charge in [-0.05, 0) is 50.8 Å². The van der Waals surface area contributed by atoms with Crippen molar-refractivity contribution in [3.05, 3.63) is 18.0 Å². The Labute approximate surface area is 149 Å². The lowest BCUT2D eigenvalue weighted by molar-refractivity contribution is 0.0433. The van der Waals surface area contributed by atoms with Crippen LogP contribution >= 0.6 is 0 Å². The number of ether oxygens (including phenoxy) is 2. The maximum atomic E-state index is 12.8. The van der Waals surface area contributed by atoms with E-state index in [-0.39, 0.29) is 12.0 Å². The second kappa shape index (κ2) is 9.31. The fraction of sp³-hybridized carbons (Fsp3) is 0.778. The van der Waals surface area contributed by atoms with E-state index in [1.54, 1.807) is 19.4 Å². The first kappa shape index (κ1) is 18.4. The lowest BCUT2D eigenvalue weighted by Crippen LogP contribution is -2.44. The predicted molar refractivity (Wildman–Crippen MR) is 94.5 cm³/mol. The largest absolute Gasteiger partial charge is 0.383 e. The molecule has 0 radical (unpaired) electrons. The zero-order valence-corrected chi connectivity index (χ0v) is 15.2. The molecule has 1 aromatic rings. The topological polar surface area (TPSA) is 70.7 Å². The minimum Gasteiger partial charge on any atom is -0.383 e. The van der Waals surface area contributed by atoms with Gasteiger partial charge in [0.15, 0.2) is 0 Å². The molecule has 25 heavy (non-hydrogen) atoms. The second-order valence-electron chi connectivity index (χ2n) is 7.09. The number of aromatic nitrogens is 2. The Bertz CT molecular complexity index is 508. The summed E-state index contributed by atoms with van der Waals surface area (Å²) >= 11 is 0. The number of hydrogen-bond donors (Lipinski definition) is 1. The van der Waals surface area contributed by atoms with E-state index in [0.29, 0.717) is 18.2 Å². The SMILES string of the molecule is COCCN1CCC(CN(C[C@@H]2CCCO2)C(=O)c2ccn[nH]2)CC1. The molecule has 1 amide bonds. The molecule has 3 heterocycles. The predicted octanol–water partition coefficient (Wildman–Crippen LogP) is 1.39. The maximum Gasteiger partial charge on any atom is 0.271 e. The number of rotatable bonds is 8. The highest BCUT2D eigenvalue weighted by atomic mass is 16.5. The fourth-order valence-corrected chi connectivity index (χ4v) is 3.74. The van der Waals surface area contributed by atoms with Crippen molar-refractivity contribution < 1.29 is 14.3 Å². The molecule has 7 heteroatoms. The molecule has 0 unspecified atom stereocenters. The number of nitrogens with zero attached hydrogens (tertiary/aromatic N) is 3. The number of hydrogen-bond acceptors (Lipinski definition) is 5. The van der Waals surface area contributed by atoms with Gasteiger partial charge in [-0.25, -0.2) is 0 Å². The number of piperidine rings is 1. The highest BCUT2D eigenvalue weighted by molar-refractivity contribution is 5.92. The molecule has 2 aliphatic rings. The molecule has 1 aromatic heterocycles. The van der Waals surface area contributed by atoms with Gasteiger partial charge in [-0.15, -0.1) is 0 Å². The Balaban J connectivity index is 1.55. The van der Waals surface area contributed by atoms with Crippen LogP contribution in [0.4, 0.5) is 0 Å². The van der Waals surface area contributed by atoms with Crippen molar-refractivity contribution in [2.75, 3.05) is 53.0 Å². The van der Waals surface area contributed by atoms with E-state index in [1.807, 2.05) is 4.90 Å². The van der Waals surface area contributed by atoms with E-state index in [9.17, 15) is 4.79 Å². The van der Waals surface area contributed by atoms with Crippen LogP contribution in [0.5, 0.6) is 0 Å². The molecule has 0 bridgehead atoms. The fourth-order valence-electron chi connectivity index (χ4n) is 3.74. The Kier molecular flexibility index (Phi) is 6.84. The average molecular weight is 350 g/mol. The van der Waals surface area contributed by atoms with E-state index >= 15 is 0 Å². The van der Waals surface area contributed by atoms with Crippen molar-refractivity contribution in [2.24, 2.45) is 5.92 Å². The summed E-state index contributed by atoms with van der Waals surface area (Å²) in [5.41, 5.74) is 0.565. The van der Waals surface area contributed by atoms with Gasteiger partial charge >= 0.3 is 0 Å². The van der Waals surface area contributed by atoms with Gasteiger partial charge in [0.25, 0.3) is 5.91 Å². The smallest absolute Gasteiger partial charge is 0.271 e. The van der Waals surface area contributed by atoms with E-state index in [1.165, 1.54) is 0 Å². The van der Waals surface area contributed by atoms with E-state index in [0.717, 1.165) is 65.1 Å². The number of carbonyl (C=O) groups excluding carboxylic acids is 1. The van der Waals surface area contributed by atoms with Crippen LogP contribution < -0.4 is 0 Å². The molecule has 2 saturated heterocycles. The van der Waals surface area contributed by atoms with Gasteiger partial charge in [0.1, 0.15) is 5.69 Å². The Morgan fingerprint density at radius 2 is 2.24 bits per heavy atom. The maximum absolute atomic E-state index is 12.8. The summed E-state index contributed by atoms with van der Waals surface area (Å²) in [6.45, 7) is 6.25. The number of nitrogens with one attached hydrogen (secondary N) is 1. The second-order valence-corrected chi connectivity index (χ2v) is 7.09. The van der Waals surface area contributed by atoms with Crippen molar-refractivity contribution in [1.82, 2.24) is 20.0 Å². The molecule has 1 N–H and O–H groups in total. The van der Waals surface area contributed by atoms with Crippen molar-refractivity contribution >= 4 is 5.91 Å². The lowest BCUT2D eigenvalue weighted by atomic mass is 9.95. The van der Waals surface area contributed by atoms with Crippen LogP contribution in [0.2, 0.25) is 0 Å². The van der Waals surface area contributed by atoms with Crippen LogP contribution in [-0.4, -0.2) is 85.1 Å². The molecule has 2 fully saturated rings. The molecule has 0 aliphatic carbocycles. The van der Waals surface area contributed by atoms with Gasteiger partial charge in [0.05, 0.1) is 12.7 Å². The summed E-state index contributed by atoms with van der Waals surface area (Å²) in [6, 6.07) is 1.75. The van der Waals surface area contributed by atoms with Crippen LogP contribution in [0, 0.1) is 5.92 Å². The summed E-state index contributed by atoms with van der Waals surface area (Å²) in [5, 5.41) is 6.73. The molecule has 3 rings (SSSR count). The van der Waals surface area contributed by atoms with Gasteiger partial charge in [0.2, 0.25) is 0 Å². The molecular weight excluding hydrogens is 320 g/mol. The standard InChI is InChI=1S/C18H30N4O3/c1-24-12-10-21-8-5-15(6-9-21)13-22(14-16-3-2-11-25-16)18(23)17-4-7-19-20-17/h4,7,15-16H,2-3,5-6,8-14H2,1H3,(H,19,20)/t16-/m0/s1. The van der Waals surface area contributed by atoms with Crippen LogP contribution in [0.15, 0.2) is 12.3 Å². The van der Waals surface area contributed by atoms with Gasteiger partial charge in [-0.2, -0.15) is 5.10 Å². The monoisotopic (exact) mass is 350 g/mol. The van der Waals surface area contributed by atoms with Crippen molar-refractivity contribution in [3.63, 3.8) is 0 Å². The summed E-state index contributed by atoms with van der Waals surface area (Å²) in [7, 11) is 1.75. The van der Waals surface area contributed by atoms with Crippen molar-refractivity contribution in [1.29, 1.82) is 0 Å². The first-order valence-corrected chi connectivity index (χ1v) is 9.38. The number of H-pyrrole nitrogens is 1. The van der Waals surface area contributed by atoms with Gasteiger partial charge in [-0.3, -0.25) is 9.89 Å². The van der Waals surface area contributed by atoms with Crippen molar-refractivity contribution in [2.45, 2.75) is 31.8 Å². The highest BCUT2D eigenvalue weighted by Gasteiger charge is 2.28. The number of methoxy groups -OCH3 is 1. The lowest BCUT2D eigenvalue weighted by Gasteiger charge is -2.35. The third kappa shape index (κ3) is 5.26. The molecule has 1 atom stereocenters. The first-order chi connectivity index (χ1) is 12.3. The van der Waals surface area contributed by atoms with Crippen LogP contribution in [0.25, 0.3) is 0 Å². The molecule has 0 spiro atoms. The molecule has 7 nitrogen and oxygen atoms in total. The summed E-state index contributed by atoms with van der Waals surface area (Å²) < 4.78 is 10.9. The molecule has 2 aliphatic heterocycles. The molecule has 140 valence electrons. The summed E-state index contributed by atoms with van der Waals surface area (Å²) in [4.78, 5) is 17.3. The minimum atomic E-state index is 0.0369. The molecular formula is C18H30N4O3. The summed E-state index contributed by atoms with van der Waals surface area (Å²) in [6.07, 6.45) is 6.20. The zero-order chi connectivity index (χ0) is 17.5. The average Bonchev–Trinajstić information content (AvgIpc) is 3.34. The zero-order valence-electron chi connectivity index (χ0n) is 15.2. The van der Waals surface area contributed by atoms with Gasteiger partial charge in [-0.1, -0.05) is 0 Å². The third-order valence-electron chi connectivity index (χ3n) is 5.26. The number of amides is 1. The van der Waals surface area contributed by atoms with E-state index < -0.39 is 0 Å². The van der Waals surface area contributed by atoms with Crippen molar-refractivity contribution in [3.8, 4) is 0 Å². The van der Waals surface area contributed by atoms with Crippen LogP contribution in [-0.2, 0) is 9.47 Å². The molecule has 0 saturated carbocycles. The van der Waals surface area contributed by atoms with Gasteiger partial charge in [0, 0.05) is 39.5 Å². The Morgan fingerprint density at radius 3 is 2.88 bits per heavy atom. The highest BCUT2D eigenvalue weighted by Crippen LogP contribution is 2.21. The van der Waals surface area contributed by atoms with Gasteiger partial charge < -0.3 is 19.3 Å². The number of carbonyl (C=O) groups is 1. The molecule has 0 aromatic carbocycles. The van der Waals surface area contributed by atoms with E-state index in [2.05, 4.69) is 15.1 Å². The van der Waals surface area contributed by atoms with E-state index in [4.69, 9.17) is 9.47 Å². The first-order valence-electron chi connectivity index (χ1n) is 9.38.